The van der Waals surface area contributed by atoms with Gasteiger partial charge in [-0.15, -0.1) is 0 Å². The van der Waals surface area contributed by atoms with Crippen LogP contribution in [0.4, 0.5) is 0 Å². The first-order valence-corrected chi connectivity index (χ1v) is 13.1. The van der Waals surface area contributed by atoms with E-state index in [1.54, 1.807) is 0 Å². The number of carboxylic acids is 1. The quantitative estimate of drug-likeness (QED) is 0.148. The number of rotatable bonds is 6. The predicted octanol–water partition coefficient (Wildman–Crippen LogP) is -4.11. The Morgan fingerprint density at radius 2 is 1.42 bits per heavy atom. The van der Waals surface area contributed by atoms with Crippen molar-refractivity contribution in [2.75, 3.05) is 13.2 Å². The highest BCUT2D eigenvalue weighted by molar-refractivity contribution is 6.16. The Balaban J connectivity index is 1.71. The summed E-state index contributed by atoms with van der Waals surface area (Å²) in [5, 5.41) is 115. The van der Waals surface area contributed by atoms with E-state index in [1.165, 1.54) is 18.2 Å². The highest BCUT2D eigenvalue weighted by atomic mass is 16.7. The van der Waals surface area contributed by atoms with Gasteiger partial charge in [-0.3, -0.25) is 4.79 Å². The van der Waals surface area contributed by atoms with E-state index >= 15 is 0 Å². The van der Waals surface area contributed by atoms with Gasteiger partial charge in [0.15, 0.2) is 0 Å². The first-order valence-electron chi connectivity index (χ1n) is 13.1. The van der Waals surface area contributed by atoms with Crippen LogP contribution in [-0.4, -0.2) is 142 Å². The van der Waals surface area contributed by atoms with Crippen molar-refractivity contribution < 1.29 is 80.0 Å². The average Bonchev–Trinajstić information content (AvgIpc) is 2.98. The maximum atomic E-state index is 13.9. The molecule has 0 aromatic heterocycles. The Morgan fingerprint density at radius 1 is 0.814 bits per heavy atom. The van der Waals surface area contributed by atoms with E-state index in [9.17, 15) is 65.8 Å². The van der Waals surface area contributed by atoms with Crippen molar-refractivity contribution in [3.8, 4) is 11.5 Å². The number of carbonyl (C=O) groups is 2. The number of phenolic OH excluding ortho intramolecular Hbond substituents is 1. The van der Waals surface area contributed by atoms with Crippen LogP contribution in [0.25, 0.3) is 0 Å². The van der Waals surface area contributed by atoms with E-state index in [0.717, 1.165) is 12.1 Å². The molecule has 1 aliphatic carbocycles. The highest BCUT2D eigenvalue weighted by Crippen LogP contribution is 2.50. The molecule has 43 heavy (non-hydrogen) atoms. The fraction of sp³-hybridized carbons (Fsp3) is 0.481. The molecule has 0 bridgehead atoms. The van der Waals surface area contributed by atoms with Gasteiger partial charge in [0, 0.05) is 11.1 Å². The van der Waals surface area contributed by atoms with Crippen LogP contribution in [0.1, 0.15) is 37.4 Å². The Bertz CT molecular complexity index is 1410. The number of ether oxygens (including phenoxy) is 3. The Morgan fingerprint density at radius 3 is 2.02 bits per heavy atom. The number of benzene rings is 2. The lowest BCUT2D eigenvalue weighted by Crippen LogP contribution is -2.65. The molecule has 2 aliphatic heterocycles. The van der Waals surface area contributed by atoms with Gasteiger partial charge in [0.1, 0.15) is 72.0 Å². The highest BCUT2D eigenvalue weighted by Gasteiger charge is 2.58. The number of carboxylic acid groups (broad SMARTS) is 1. The second kappa shape index (κ2) is 11.3. The lowest BCUT2D eigenvalue weighted by molar-refractivity contribution is -0.277. The molecule has 2 aromatic carbocycles. The molecule has 0 radical (unpaired) electrons. The number of aromatic carboxylic acids is 1. The van der Waals surface area contributed by atoms with Gasteiger partial charge < -0.3 is 70.4 Å². The van der Waals surface area contributed by atoms with E-state index in [-0.39, 0.29) is 0 Å². The predicted molar refractivity (Wildman–Crippen MR) is 136 cm³/mol. The van der Waals surface area contributed by atoms with E-state index in [1.807, 2.05) is 0 Å². The topological polar surface area (TPSA) is 284 Å². The number of hydrogen-bond donors (Lipinski definition) is 11. The third-order valence-corrected chi connectivity index (χ3v) is 8.06. The first kappa shape index (κ1) is 31.2. The molecule has 11 atom stereocenters. The molecule has 0 unspecified atom stereocenters. The van der Waals surface area contributed by atoms with Gasteiger partial charge in [0.2, 0.25) is 12.1 Å². The Labute approximate surface area is 241 Å². The second-order valence-electron chi connectivity index (χ2n) is 10.6. The van der Waals surface area contributed by atoms with Crippen LogP contribution < -0.4 is 4.74 Å². The molecular formula is C27H30O16. The van der Waals surface area contributed by atoms with Crippen LogP contribution in [0.15, 0.2) is 30.3 Å². The van der Waals surface area contributed by atoms with Crippen molar-refractivity contribution in [2.45, 2.75) is 66.8 Å². The molecule has 2 heterocycles. The molecule has 0 saturated carbocycles. The summed E-state index contributed by atoms with van der Waals surface area (Å²) in [7, 11) is 0. The van der Waals surface area contributed by atoms with E-state index < -0.39 is 131 Å². The number of aromatic hydroxyl groups is 1. The smallest absolute Gasteiger partial charge is 0.335 e. The lowest BCUT2D eigenvalue weighted by atomic mass is 9.68. The molecule has 2 saturated heterocycles. The van der Waals surface area contributed by atoms with Crippen molar-refractivity contribution >= 4 is 11.8 Å². The van der Waals surface area contributed by atoms with Crippen molar-refractivity contribution in [2.24, 2.45) is 0 Å². The standard InChI is InChI=1S/C27H30O16/c28-6-13-17(31)20(34)22(36)24(41-13)27(40)9-2-1-3-12(42-26-23(37)21(35)18(32)14(7-29)43-26)16(9)19(33)15-10(27)4-8(25(38)39)5-11(15)30/h1-5,13-14,17-18,20-24,26,28-32,34-37,40H,6-7H2,(H,38,39)/t13-,14-,17+,18-,20-,21-,22+,23+,24-,26-,27-/m0/s1. The minimum absolute atomic E-state index is 0.404. The van der Waals surface area contributed by atoms with Crippen LogP contribution in [0.5, 0.6) is 11.5 Å². The van der Waals surface area contributed by atoms with Crippen molar-refractivity contribution in [1.29, 1.82) is 0 Å². The maximum Gasteiger partial charge on any atom is 0.335 e. The third kappa shape index (κ3) is 4.77. The zero-order valence-electron chi connectivity index (χ0n) is 22.0. The van der Waals surface area contributed by atoms with Crippen molar-refractivity contribution in [1.82, 2.24) is 0 Å². The molecular weight excluding hydrogens is 580 g/mol. The summed E-state index contributed by atoms with van der Waals surface area (Å²) in [5.41, 5.74) is -5.48. The zero-order chi connectivity index (χ0) is 31.5. The summed E-state index contributed by atoms with van der Waals surface area (Å²) in [6.45, 7) is -1.68. The van der Waals surface area contributed by atoms with Crippen LogP contribution >= 0.6 is 0 Å². The van der Waals surface area contributed by atoms with E-state index in [0.29, 0.717) is 0 Å². The summed E-state index contributed by atoms with van der Waals surface area (Å²) in [6.07, 6.45) is -18.2. The van der Waals surface area contributed by atoms with Crippen LogP contribution in [0.3, 0.4) is 0 Å². The number of ketones is 1. The van der Waals surface area contributed by atoms with Gasteiger partial charge in [-0.05, 0) is 18.2 Å². The first-order chi connectivity index (χ1) is 20.3. The fourth-order valence-corrected chi connectivity index (χ4v) is 5.78. The van der Waals surface area contributed by atoms with Gasteiger partial charge in [-0.25, -0.2) is 4.79 Å². The summed E-state index contributed by atoms with van der Waals surface area (Å²) in [4.78, 5) is 25.8. The summed E-state index contributed by atoms with van der Waals surface area (Å²) in [5.74, 6) is -3.93. The average molecular weight is 611 g/mol. The number of phenols is 1. The molecule has 5 rings (SSSR count). The van der Waals surface area contributed by atoms with Crippen LogP contribution in [-0.2, 0) is 15.1 Å². The zero-order valence-corrected chi connectivity index (χ0v) is 22.0. The molecule has 2 fully saturated rings. The van der Waals surface area contributed by atoms with E-state index in [2.05, 4.69) is 0 Å². The SMILES string of the molecule is O=C(O)c1cc(O)c2c(c1)[C@](O)([C@H]1O[C@@H](CO)[C@@H](O)[C@H](O)[C@H]1O)c1cccc(O[C@H]3O[C@@H](CO)[C@H](O)[C@H](O)[C@H]3O)c1C2=O. The number of carbonyl (C=O) groups excluding carboxylic acids is 1. The molecule has 3 aliphatic rings. The van der Waals surface area contributed by atoms with Gasteiger partial charge in [0.05, 0.1) is 29.9 Å². The molecule has 16 nitrogen and oxygen atoms in total. The summed E-state index contributed by atoms with van der Waals surface area (Å²) >= 11 is 0. The minimum Gasteiger partial charge on any atom is -0.507 e. The van der Waals surface area contributed by atoms with Gasteiger partial charge in [-0.2, -0.15) is 0 Å². The van der Waals surface area contributed by atoms with E-state index in [4.69, 9.17) is 14.2 Å². The van der Waals surface area contributed by atoms with Crippen LogP contribution in [0, 0.1) is 0 Å². The summed E-state index contributed by atoms with van der Waals surface area (Å²) in [6, 6.07) is 5.18. The monoisotopic (exact) mass is 610 g/mol. The number of aliphatic hydroxyl groups is 9. The Kier molecular flexibility index (Phi) is 8.22. The largest absolute Gasteiger partial charge is 0.507 e. The molecule has 16 heteroatoms. The molecule has 234 valence electrons. The minimum atomic E-state index is -2.77. The maximum absolute atomic E-state index is 13.9. The lowest BCUT2D eigenvalue weighted by Gasteiger charge is -2.49. The molecule has 2 aromatic rings. The fourth-order valence-electron chi connectivity index (χ4n) is 5.78. The molecule has 0 spiro atoms. The molecule has 11 N–H and O–H groups in total. The third-order valence-electron chi connectivity index (χ3n) is 8.06. The van der Waals surface area contributed by atoms with Crippen LogP contribution in [0.2, 0.25) is 0 Å². The molecule has 0 amide bonds. The van der Waals surface area contributed by atoms with Crippen molar-refractivity contribution in [3.63, 3.8) is 0 Å². The number of hydrogen-bond acceptors (Lipinski definition) is 15. The number of aliphatic hydroxyl groups excluding tert-OH is 8. The normalized spacial score (nSPS) is 37.4. The number of fused-ring (bicyclic) bond motifs is 2. The van der Waals surface area contributed by atoms with Gasteiger partial charge >= 0.3 is 5.97 Å². The Hall–Kier alpha value is -3.26. The van der Waals surface area contributed by atoms with Gasteiger partial charge in [-0.1, -0.05) is 12.1 Å². The van der Waals surface area contributed by atoms with Gasteiger partial charge in [0.25, 0.3) is 0 Å². The summed E-state index contributed by atoms with van der Waals surface area (Å²) < 4.78 is 16.7. The second-order valence-corrected chi connectivity index (χ2v) is 10.6. The van der Waals surface area contributed by atoms with Crippen molar-refractivity contribution in [3.05, 3.63) is 58.1 Å².